The Morgan fingerprint density at radius 2 is 1.86 bits per heavy atom. The third-order valence-electron chi connectivity index (χ3n) is 3.07. The molecule has 2 aromatic carbocycles. The highest BCUT2D eigenvalue weighted by atomic mass is 16.6. The molecule has 0 saturated heterocycles. The average Bonchev–Trinajstić information content (AvgIpc) is 2.84. The third-order valence-corrected chi connectivity index (χ3v) is 3.07. The maximum atomic E-state index is 12.2. The minimum atomic E-state index is -0.563. The maximum absolute atomic E-state index is 12.2. The molecule has 0 atom stereocenters. The number of benzene rings is 2. The lowest BCUT2D eigenvalue weighted by molar-refractivity contribution is -0.384. The number of anilines is 1. The van der Waals surface area contributed by atoms with E-state index in [1.807, 2.05) is 0 Å². The lowest BCUT2D eigenvalue weighted by Gasteiger charge is -2.14. The summed E-state index contributed by atoms with van der Waals surface area (Å²) in [6, 6.07) is 12.2. The number of nitrogens with zero attached hydrogens (tertiary/aromatic N) is 3. The Kier molecular flexibility index (Phi) is 2.96. The van der Waals surface area contributed by atoms with Gasteiger partial charge in [-0.1, -0.05) is 18.2 Å². The second-order valence-electron chi connectivity index (χ2n) is 4.37. The fraction of sp³-hybridized carbons (Fsp3) is 0. The molecule has 0 aromatic heterocycles. The molecule has 104 valence electrons. The highest BCUT2D eigenvalue weighted by Gasteiger charge is 2.30. The average molecular weight is 283 g/mol. The van der Waals surface area contributed by atoms with E-state index in [9.17, 15) is 20.1 Å². The molecule has 0 unspecified atom stereocenters. The van der Waals surface area contributed by atoms with Crippen LogP contribution in [0.2, 0.25) is 0 Å². The number of carbonyl (C=O) groups excluding carboxylic acids is 1. The largest absolute Gasteiger partial charge is 0.285 e. The molecule has 21 heavy (non-hydrogen) atoms. The molecule has 0 radical (unpaired) electrons. The normalized spacial score (nSPS) is 12.8. The topological polar surface area (TPSA) is 96.0 Å². The first-order chi connectivity index (χ1) is 10.1. The number of carbonyl (C=O) groups is 1. The molecular weight excluding hydrogens is 274 g/mol. The molecule has 0 spiro atoms. The second kappa shape index (κ2) is 4.80. The first-order valence-corrected chi connectivity index (χ1v) is 6.04. The number of fused-ring (bicyclic) bond motifs is 1. The van der Waals surface area contributed by atoms with E-state index in [4.69, 9.17) is 0 Å². The van der Waals surface area contributed by atoms with Gasteiger partial charge in [-0.2, -0.15) is 0 Å². The van der Waals surface area contributed by atoms with Crippen molar-refractivity contribution in [3.05, 3.63) is 64.2 Å². The van der Waals surface area contributed by atoms with Crippen LogP contribution in [-0.4, -0.2) is 21.7 Å². The first-order valence-electron chi connectivity index (χ1n) is 6.04. The number of ketones is 1. The highest BCUT2D eigenvalue weighted by molar-refractivity contribution is 6.52. The number of hydrogen-bond donors (Lipinski definition) is 1. The van der Waals surface area contributed by atoms with Crippen LogP contribution >= 0.6 is 0 Å². The van der Waals surface area contributed by atoms with Gasteiger partial charge in [0.2, 0.25) is 11.6 Å². The lowest BCUT2D eigenvalue weighted by Crippen LogP contribution is -2.31. The fourth-order valence-electron chi connectivity index (χ4n) is 2.04. The Balaban J connectivity index is 2.00. The number of non-ortho nitro benzene ring substituents is 1. The summed E-state index contributed by atoms with van der Waals surface area (Å²) >= 11 is 0. The van der Waals surface area contributed by atoms with Gasteiger partial charge in [0.05, 0.1) is 21.9 Å². The third kappa shape index (κ3) is 2.15. The molecule has 0 amide bonds. The minimum Gasteiger partial charge on any atom is -0.285 e. The molecule has 7 nitrogen and oxygen atoms in total. The number of hydrogen-bond acceptors (Lipinski definition) is 6. The molecule has 1 aliphatic heterocycles. The van der Waals surface area contributed by atoms with Crippen LogP contribution < -0.4 is 5.06 Å². The molecule has 0 aliphatic carbocycles. The quantitative estimate of drug-likeness (QED) is 0.675. The zero-order valence-electron chi connectivity index (χ0n) is 10.6. The van der Waals surface area contributed by atoms with Gasteiger partial charge < -0.3 is 0 Å². The summed E-state index contributed by atoms with van der Waals surface area (Å²) in [5, 5.41) is 21.5. The Bertz CT molecular complexity index is 771. The standard InChI is InChI=1S/C14H9N3O4/c18-13-11-7-6-10(17(20)21)8-12(11)15-14(13)16(19)9-4-2-1-3-5-9/h1-8,19H. The van der Waals surface area contributed by atoms with E-state index in [-0.39, 0.29) is 22.8 Å². The molecule has 0 fully saturated rings. The SMILES string of the molecule is O=C1C(N(O)c2ccccc2)=Nc2cc([N+](=O)[O-])ccc21. The van der Waals surface area contributed by atoms with Crippen molar-refractivity contribution in [3.63, 3.8) is 0 Å². The van der Waals surface area contributed by atoms with E-state index in [1.54, 1.807) is 30.3 Å². The lowest BCUT2D eigenvalue weighted by atomic mass is 10.1. The molecule has 0 bridgehead atoms. The van der Waals surface area contributed by atoms with Crippen molar-refractivity contribution in [1.82, 2.24) is 0 Å². The van der Waals surface area contributed by atoms with Crippen LogP contribution in [0.1, 0.15) is 10.4 Å². The Hall–Kier alpha value is -3.06. The maximum Gasteiger partial charge on any atom is 0.271 e. The van der Waals surface area contributed by atoms with Gasteiger partial charge in [-0.15, -0.1) is 0 Å². The molecule has 1 aliphatic rings. The molecule has 2 aromatic rings. The van der Waals surface area contributed by atoms with E-state index in [1.165, 1.54) is 18.2 Å². The molecule has 0 saturated carbocycles. The number of para-hydroxylation sites is 1. The number of amidine groups is 1. The van der Waals surface area contributed by atoms with Crippen molar-refractivity contribution in [2.45, 2.75) is 0 Å². The van der Waals surface area contributed by atoms with E-state index >= 15 is 0 Å². The van der Waals surface area contributed by atoms with Gasteiger partial charge in [0, 0.05) is 12.1 Å². The zero-order valence-corrected chi connectivity index (χ0v) is 10.6. The van der Waals surface area contributed by atoms with Crippen LogP contribution in [0.3, 0.4) is 0 Å². The van der Waals surface area contributed by atoms with Gasteiger partial charge in [0.1, 0.15) is 0 Å². The van der Waals surface area contributed by atoms with Crippen LogP contribution in [-0.2, 0) is 0 Å². The summed E-state index contributed by atoms with van der Waals surface area (Å²) in [7, 11) is 0. The monoisotopic (exact) mass is 283 g/mol. The predicted octanol–water partition coefficient (Wildman–Crippen LogP) is 2.72. The Labute approximate surface area is 118 Å². The van der Waals surface area contributed by atoms with Crippen molar-refractivity contribution in [1.29, 1.82) is 0 Å². The van der Waals surface area contributed by atoms with E-state index < -0.39 is 10.7 Å². The van der Waals surface area contributed by atoms with Crippen LogP contribution in [0.4, 0.5) is 17.1 Å². The van der Waals surface area contributed by atoms with Crippen molar-refractivity contribution >= 4 is 28.7 Å². The first kappa shape index (κ1) is 12.9. The number of nitro benzene ring substituents is 1. The molecular formula is C14H9N3O4. The predicted molar refractivity (Wildman–Crippen MR) is 75.2 cm³/mol. The summed E-state index contributed by atoms with van der Waals surface area (Å²) in [6.45, 7) is 0. The Morgan fingerprint density at radius 1 is 1.14 bits per heavy atom. The minimum absolute atomic E-state index is 0.157. The Morgan fingerprint density at radius 3 is 2.52 bits per heavy atom. The highest BCUT2D eigenvalue weighted by Crippen LogP contribution is 2.32. The van der Waals surface area contributed by atoms with Crippen LogP contribution in [0.15, 0.2) is 53.5 Å². The molecule has 3 rings (SSSR count). The van der Waals surface area contributed by atoms with E-state index in [0.29, 0.717) is 10.8 Å². The molecule has 7 heteroatoms. The number of nitro groups is 1. The number of Topliss-reactive ketones (excluding diaryl/α,β-unsaturated/α-hetero) is 1. The van der Waals surface area contributed by atoms with Crippen molar-refractivity contribution in [2.75, 3.05) is 5.06 Å². The van der Waals surface area contributed by atoms with Crippen LogP contribution in [0.25, 0.3) is 0 Å². The number of rotatable bonds is 2. The fourth-order valence-corrected chi connectivity index (χ4v) is 2.04. The second-order valence-corrected chi connectivity index (χ2v) is 4.37. The van der Waals surface area contributed by atoms with Crippen LogP contribution in [0, 0.1) is 10.1 Å². The van der Waals surface area contributed by atoms with Crippen LogP contribution in [0.5, 0.6) is 0 Å². The number of aliphatic imine (C=N–C) groups is 1. The summed E-state index contributed by atoms with van der Waals surface area (Å²) in [4.78, 5) is 26.3. The summed E-state index contributed by atoms with van der Waals surface area (Å²) in [5.41, 5.74) is 0.632. The van der Waals surface area contributed by atoms with Crippen molar-refractivity contribution in [3.8, 4) is 0 Å². The van der Waals surface area contributed by atoms with E-state index in [2.05, 4.69) is 4.99 Å². The van der Waals surface area contributed by atoms with Crippen molar-refractivity contribution in [2.24, 2.45) is 4.99 Å². The van der Waals surface area contributed by atoms with Crippen molar-refractivity contribution < 1.29 is 14.9 Å². The number of hydroxylamine groups is 1. The summed E-state index contributed by atoms with van der Waals surface area (Å²) in [6.07, 6.45) is 0. The smallest absolute Gasteiger partial charge is 0.271 e. The van der Waals surface area contributed by atoms with Gasteiger partial charge >= 0.3 is 0 Å². The van der Waals surface area contributed by atoms with Gasteiger partial charge in [0.15, 0.2) is 0 Å². The molecule has 1 N–H and O–H groups in total. The van der Waals surface area contributed by atoms with Gasteiger partial charge in [-0.25, -0.2) is 10.1 Å². The summed E-state index contributed by atoms with van der Waals surface area (Å²) in [5.74, 6) is -0.664. The van der Waals surface area contributed by atoms with Gasteiger partial charge in [-0.05, 0) is 18.2 Å². The molecule has 1 heterocycles. The van der Waals surface area contributed by atoms with Gasteiger partial charge in [0.25, 0.3) is 5.69 Å². The summed E-state index contributed by atoms with van der Waals surface area (Å²) < 4.78 is 0. The zero-order chi connectivity index (χ0) is 15.0. The van der Waals surface area contributed by atoms with E-state index in [0.717, 1.165) is 0 Å². The van der Waals surface area contributed by atoms with Gasteiger partial charge in [-0.3, -0.25) is 20.1 Å².